The molecule has 0 amide bonds. The molecule has 0 aliphatic carbocycles. The standard InChI is InChI=1S/C14H22ClNO/c1-3-6-14(9-16,10-17)8-12-5-4-11(2)7-13(12)15/h4-5,7,17H,3,6,8-10,16H2,1-2H3. The molecule has 0 heterocycles. The van der Waals surface area contributed by atoms with Gasteiger partial charge in [0.05, 0.1) is 6.61 Å². The lowest BCUT2D eigenvalue weighted by atomic mass is 9.78. The number of rotatable bonds is 6. The van der Waals surface area contributed by atoms with Crippen molar-refractivity contribution in [1.29, 1.82) is 0 Å². The van der Waals surface area contributed by atoms with Gasteiger partial charge in [-0.1, -0.05) is 37.1 Å². The van der Waals surface area contributed by atoms with E-state index in [2.05, 4.69) is 6.92 Å². The third kappa shape index (κ3) is 3.70. The first-order valence-electron chi connectivity index (χ1n) is 6.13. The van der Waals surface area contributed by atoms with Gasteiger partial charge in [0.1, 0.15) is 0 Å². The summed E-state index contributed by atoms with van der Waals surface area (Å²) in [4.78, 5) is 0. The second-order valence-electron chi connectivity index (χ2n) is 4.88. The molecule has 2 nitrogen and oxygen atoms in total. The van der Waals surface area contributed by atoms with Crippen LogP contribution in [0.1, 0.15) is 30.9 Å². The summed E-state index contributed by atoms with van der Waals surface area (Å²) in [6.45, 7) is 4.73. The Kier molecular flexibility index (Phi) is 5.44. The van der Waals surface area contributed by atoms with Gasteiger partial charge in [-0.25, -0.2) is 0 Å². The van der Waals surface area contributed by atoms with E-state index in [1.807, 2.05) is 25.1 Å². The minimum Gasteiger partial charge on any atom is -0.396 e. The van der Waals surface area contributed by atoms with E-state index in [0.29, 0.717) is 6.54 Å². The van der Waals surface area contributed by atoms with Crippen molar-refractivity contribution in [2.75, 3.05) is 13.2 Å². The molecule has 0 radical (unpaired) electrons. The van der Waals surface area contributed by atoms with Crippen LogP contribution in [0.15, 0.2) is 18.2 Å². The van der Waals surface area contributed by atoms with Crippen LogP contribution in [0.25, 0.3) is 0 Å². The van der Waals surface area contributed by atoms with Gasteiger partial charge in [0, 0.05) is 17.0 Å². The molecule has 0 saturated carbocycles. The fourth-order valence-corrected chi connectivity index (χ4v) is 2.49. The van der Waals surface area contributed by atoms with Crippen molar-refractivity contribution < 1.29 is 5.11 Å². The van der Waals surface area contributed by atoms with Gasteiger partial charge >= 0.3 is 0 Å². The number of nitrogens with two attached hydrogens (primary N) is 1. The zero-order valence-corrected chi connectivity index (χ0v) is 11.4. The van der Waals surface area contributed by atoms with Gasteiger partial charge in [-0.15, -0.1) is 0 Å². The van der Waals surface area contributed by atoms with Crippen molar-refractivity contribution in [2.24, 2.45) is 11.1 Å². The first kappa shape index (κ1) is 14.5. The highest BCUT2D eigenvalue weighted by Crippen LogP contribution is 2.30. The third-order valence-electron chi connectivity index (χ3n) is 3.32. The minimum absolute atomic E-state index is 0.113. The van der Waals surface area contributed by atoms with Crippen LogP contribution >= 0.6 is 11.6 Å². The van der Waals surface area contributed by atoms with E-state index in [4.69, 9.17) is 17.3 Å². The molecule has 1 atom stereocenters. The second-order valence-corrected chi connectivity index (χ2v) is 5.29. The largest absolute Gasteiger partial charge is 0.396 e. The Labute approximate surface area is 109 Å². The number of aliphatic hydroxyl groups excluding tert-OH is 1. The Morgan fingerprint density at radius 3 is 2.59 bits per heavy atom. The van der Waals surface area contributed by atoms with E-state index in [0.717, 1.165) is 35.4 Å². The monoisotopic (exact) mass is 255 g/mol. The second kappa shape index (κ2) is 6.39. The van der Waals surface area contributed by atoms with Crippen molar-refractivity contribution in [3.63, 3.8) is 0 Å². The molecule has 17 heavy (non-hydrogen) atoms. The van der Waals surface area contributed by atoms with E-state index in [9.17, 15) is 5.11 Å². The van der Waals surface area contributed by atoms with Crippen LogP contribution < -0.4 is 5.73 Å². The summed E-state index contributed by atoms with van der Waals surface area (Å²) in [6.07, 6.45) is 2.68. The number of aliphatic hydroxyl groups is 1. The van der Waals surface area contributed by atoms with Crippen LogP contribution in [0.3, 0.4) is 0 Å². The van der Waals surface area contributed by atoms with Crippen molar-refractivity contribution in [3.8, 4) is 0 Å². The van der Waals surface area contributed by atoms with Crippen LogP contribution in [-0.4, -0.2) is 18.3 Å². The van der Waals surface area contributed by atoms with Gasteiger partial charge in [0.15, 0.2) is 0 Å². The van der Waals surface area contributed by atoms with Crippen LogP contribution in [0.2, 0.25) is 5.02 Å². The molecule has 3 heteroatoms. The first-order valence-corrected chi connectivity index (χ1v) is 6.50. The smallest absolute Gasteiger partial charge is 0.0502 e. The Hall–Kier alpha value is -0.570. The molecule has 1 unspecified atom stereocenters. The Morgan fingerprint density at radius 2 is 2.12 bits per heavy atom. The molecule has 0 aromatic heterocycles. The van der Waals surface area contributed by atoms with Gasteiger partial charge in [-0.05, 0) is 37.0 Å². The Bertz CT molecular complexity index is 361. The van der Waals surface area contributed by atoms with E-state index >= 15 is 0 Å². The van der Waals surface area contributed by atoms with Gasteiger partial charge in [-0.3, -0.25) is 0 Å². The average Bonchev–Trinajstić information content (AvgIpc) is 2.32. The lowest BCUT2D eigenvalue weighted by Gasteiger charge is -2.30. The third-order valence-corrected chi connectivity index (χ3v) is 3.67. The summed E-state index contributed by atoms with van der Waals surface area (Å²) in [5.41, 5.74) is 7.82. The maximum absolute atomic E-state index is 9.59. The SMILES string of the molecule is CCCC(CN)(CO)Cc1ccc(C)cc1Cl. The molecule has 96 valence electrons. The molecular formula is C14H22ClNO. The van der Waals surface area contributed by atoms with Crippen molar-refractivity contribution in [3.05, 3.63) is 34.3 Å². The summed E-state index contributed by atoms with van der Waals surface area (Å²) in [5, 5.41) is 10.4. The first-order chi connectivity index (χ1) is 8.06. The normalized spacial score (nSPS) is 14.6. The molecule has 3 N–H and O–H groups in total. The number of hydrogen-bond acceptors (Lipinski definition) is 2. The summed E-state index contributed by atoms with van der Waals surface area (Å²) in [5.74, 6) is 0. The summed E-state index contributed by atoms with van der Waals surface area (Å²) in [7, 11) is 0. The summed E-state index contributed by atoms with van der Waals surface area (Å²) in [6, 6.07) is 6.04. The Balaban J connectivity index is 2.92. The molecule has 0 aliphatic rings. The molecule has 0 saturated heterocycles. The molecule has 0 fully saturated rings. The molecule has 1 aromatic rings. The van der Waals surface area contributed by atoms with E-state index in [1.54, 1.807) is 0 Å². The van der Waals surface area contributed by atoms with Crippen molar-refractivity contribution in [2.45, 2.75) is 33.1 Å². The summed E-state index contributed by atoms with van der Waals surface area (Å²) >= 11 is 6.23. The lowest BCUT2D eigenvalue weighted by molar-refractivity contribution is 0.121. The minimum atomic E-state index is -0.229. The fourth-order valence-electron chi connectivity index (χ4n) is 2.19. The zero-order chi connectivity index (χ0) is 12.9. The highest BCUT2D eigenvalue weighted by Gasteiger charge is 2.28. The maximum Gasteiger partial charge on any atom is 0.0502 e. The van der Waals surface area contributed by atoms with E-state index in [1.165, 1.54) is 0 Å². The fraction of sp³-hybridized carbons (Fsp3) is 0.571. The van der Waals surface area contributed by atoms with Gasteiger partial charge in [0.2, 0.25) is 0 Å². The molecular weight excluding hydrogens is 234 g/mol. The number of halogens is 1. The Morgan fingerprint density at radius 1 is 1.41 bits per heavy atom. The van der Waals surface area contributed by atoms with Crippen LogP contribution in [0.5, 0.6) is 0 Å². The predicted octanol–water partition coefficient (Wildman–Crippen LogP) is 2.93. The average molecular weight is 256 g/mol. The molecule has 0 spiro atoms. The van der Waals surface area contributed by atoms with Crippen LogP contribution in [-0.2, 0) is 6.42 Å². The molecule has 1 aromatic carbocycles. The molecule has 1 rings (SSSR count). The highest BCUT2D eigenvalue weighted by molar-refractivity contribution is 6.31. The van der Waals surface area contributed by atoms with Crippen LogP contribution in [0.4, 0.5) is 0 Å². The zero-order valence-electron chi connectivity index (χ0n) is 10.7. The number of benzene rings is 1. The highest BCUT2D eigenvalue weighted by atomic mass is 35.5. The van der Waals surface area contributed by atoms with Crippen molar-refractivity contribution in [1.82, 2.24) is 0 Å². The van der Waals surface area contributed by atoms with Gasteiger partial charge in [0.25, 0.3) is 0 Å². The quantitative estimate of drug-likeness (QED) is 0.821. The van der Waals surface area contributed by atoms with E-state index < -0.39 is 0 Å². The van der Waals surface area contributed by atoms with Crippen molar-refractivity contribution >= 4 is 11.6 Å². The van der Waals surface area contributed by atoms with Gasteiger partial charge < -0.3 is 10.8 Å². The predicted molar refractivity (Wildman–Crippen MR) is 73.4 cm³/mol. The summed E-state index contributed by atoms with van der Waals surface area (Å²) < 4.78 is 0. The number of hydrogen-bond donors (Lipinski definition) is 2. The van der Waals surface area contributed by atoms with E-state index in [-0.39, 0.29) is 12.0 Å². The molecule has 0 aliphatic heterocycles. The topological polar surface area (TPSA) is 46.2 Å². The molecule has 0 bridgehead atoms. The van der Waals surface area contributed by atoms with Gasteiger partial charge in [-0.2, -0.15) is 0 Å². The lowest BCUT2D eigenvalue weighted by Crippen LogP contribution is -2.36. The maximum atomic E-state index is 9.59. The van der Waals surface area contributed by atoms with Crippen LogP contribution in [0, 0.1) is 12.3 Å². The number of aryl methyl sites for hydroxylation is 1.